The maximum atomic E-state index is 9.28. The predicted octanol–water partition coefficient (Wildman–Crippen LogP) is 4.54. The van der Waals surface area contributed by atoms with Crippen LogP contribution in [0.4, 0.5) is 0 Å². The van der Waals surface area contributed by atoms with Crippen molar-refractivity contribution >= 4 is 0 Å². The SMILES string of the molecule is CCC(C)(C#N)c1ccc(-c2ccccc2)cc1. The molecule has 0 heterocycles. The molecule has 0 aliphatic heterocycles. The van der Waals surface area contributed by atoms with Crippen molar-refractivity contribution in [2.24, 2.45) is 0 Å². The summed E-state index contributed by atoms with van der Waals surface area (Å²) < 4.78 is 0. The quantitative estimate of drug-likeness (QED) is 0.766. The normalized spacial score (nSPS) is 13.6. The van der Waals surface area contributed by atoms with Crippen LogP contribution in [0, 0.1) is 11.3 Å². The maximum Gasteiger partial charge on any atom is 0.0791 e. The molecule has 0 aliphatic rings. The molecular formula is C17H17N. The predicted molar refractivity (Wildman–Crippen MR) is 75.1 cm³/mol. The van der Waals surface area contributed by atoms with Gasteiger partial charge in [-0.25, -0.2) is 0 Å². The molecule has 0 amide bonds. The Balaban J connectivity index is 2.35. The largest absolute Gasteiger partial charge is 0.197 e. The summed E-state index contributed by atoms with van der Waals surface area (Å²) in [7, 11) is 0. The van der Waals surface area contributed by atoms with Crippen LogP contribution in [-0.2, 0) is 5.41 Å². The van der Waals surface area contributed by atoms with Crippen molar-refractivity contribution in [1.29, 1.82) is 5.26 Å². The molecule has 2 aromatic carbocycles. The molecule has 18 heavy (non-hydrogen) atoms. The lowest BCUT2D eigenvalue weighted by atomic mass is 9.81. The van der Waals surface area contributed by atoms with E-state index in [1.165, 1.54) is 11.1 Å². The van der Waals surface area contributed by atoms with Gasteiger partial charge in [0.05, 0.1) is 11.5 Å². The molecule has 0 aliphatic carbocycles. The highest BCUT2D eigenvalue weighted by Crippen LogP contribution is 2.28. The lowest BCUT2D eigenvalue weighted by Gasteiger charge is -2.20. The number of benzene rings is 2. The van der Waals surface area contributed by atoms with Crippen LogP contribution in [0.3, 0.4) is 0 Å². The zero-order valence-electron chi connectivity index (χ0n) is 10.9. The minimum Gasteiger partial charge on any atom is -0.197 e. The minimum atomic E-state index is -0.380. The highest BCUT2D eigenvalue weighted by Gasteiger charge is 2.23. The third-order valence-corrected chi connectivity index (χ3v) is 3.58. The molecule has 0 fully saturated rings. The average Bonchev–Trinajstić information content (AvgIpc) is 2.47. The van der Waals surface area contributed by atoms with Crippen molar-refractivity contribution in [2.75, 3.05) is 0 Å². The lowest BCUT2D eigenvalue weighted by Crippen LogP contribution is -2.17. The first-order valence-corrected chi connectivity index (χ1v) is 6.27. The number of rotatable bonds is 3. The van der Waals surface area contributed by atoms with Crippen LogP contribution in [-0.4, -0.2) is 0 Å². The van der Waals surface area contributed by atoms with Gasteiger partial charge in [-0.15, -0.1) is 0 Å². The Morgan fingerprint density at radius 2 is 1.50 bits per heavy atom. The highest BCUT2D eigenvalue weighted by atomic mass is 14.3. The van der Waals surface area contributed by atoms with Gasteiger partial charge >= 0.3 is 0 Å². The third-order valence-electron chi connectivity index (χ3n) is 3.58. The molecule has 1 unspecified atom stereocenters. The van der Waals surface area contributed by atoms with Gasteiger partial charge in [0.25, 0.3) is 0 Å². The van der Waals surface area contributed by atoms with Crippen molar-refractivity contribution in [3.05, 3.63) is 60.2 Å². The van der Waals surface area contributed by atoms with Gasteiger partial charge < -0.3 is 0 Å². The first-order valence-electron chi connectivity index (χ1n) is 6.27. The second-order valence-corrected chi connectivity index (χ2v) is 4.74. The summed E-state index contributed by atoms with van der Waals surface area (Å²) in [5.41, 5.74) is 3.11. The lowest BCUT2D eigenvalue weighted by molar-refractivity contribution is 0.587. The first kappa shape index (κ1) is 12.4. The molecular weight excluding hydrogens is 218 g/mol. The zero-order chi connectivity index (χ0) is 13.0. The molecule has 0 saturated heterocycles. The van der Waals surface area contributed by atoms with Gasteiger partial charge in [-0.05, 0) is 30.0 Å². The Bertz CT molecular complexity index is 548. The summed E-state index contributed by atoms with van der Waals surface area (Å²) in [5, 5.41) is 9.28. The summed E-state index contributed by atoms with van der Waals surface area (Å²) in [6.45, 7) is 4.04. The van der Waals surface area contributed by atoms with E-state index in [4.69, 9.17) is 0 Å². The van der Waals surface area contributed by atoms with Crippen molar-refractivity contribution in [3.8, 4) is 17.2 Å². The molecule has 0 spiro atoms. The smallest absolute Gasteiger partial charge is 0.0791 e. The van der Waals surface area contributed by atoms with Crippen LogP contribution >= 0.6 is 0 Å². The Kier molecular flexibility index (Phi) is 3.48. The summed E-state index contributed by atoms with van der Waals surface area (Å²) in [6, 6.07) is 21.0. The standard InChI is InChI=1S/C17H17N/c1-3-17(2,13-18)16-11-9-15(10-12-16)14-7-5-4-6-8-14/h4-12H,3H2,1-2H3. The van der Waals surface area contributed by atoms with Crippen molar-refractivity contribution in [3.63, 3.8) is 0 Å². The molecule has 2 rings (SSSR count). The fourth-order valence-corrected chi connectivity index (χ4v) is 2.01. The molecule has 1 nitrogen and oxygen atoms in total. The van der Waals surface area contributed by atoms with Crippen molar-refractivity contribution in [1.82, 2.24) is 0 Å². The Morgan fingerprint density at radius 3 is 2.00 bits per heavy atom. The van der Waals surface area contributed by atoms with Crippen LogP contribution in [0.25, 0.3) is 11.1 Å². The average molecular weight is 235 g/mol. The Labute approximate surface area is 109 Å². The monoisotopic (exact) mass is 235 g/mol. The zero-order valence-corrected chi connectivity index (χ0v) is 10.9. The minimum absolute atomic E-state index is 0.380. The van der Waals surface area contributed by atoms with Crippen LogP contribution in [0.2, 0.25) is 0 Å². The summed E-state index contributed by atoms with van der Waals surface area (Å²) in [4.78, 5) is 0. The number of nitrogens with zero attached hydrogens (tertiary/aromatic N) is 1. The molecule has 0 aromatic heterocycles. The van der Waals surface area contributed by atoms with Gasteiger partial charge in [0.2, 0.25) is 0 Å². The molecule has 1 atom stereocenters. The van der Waals surface area contributed by atoms with Crippen LogP contribution in [0.5, 0.6) is 0 Å². The highest BCUT2D eigenvalue weighted by molar-refractivity contribution is 5.63. The van der Waals surface area contributed by atoms with E-state index in [0.29, 0.717) is 0 Å². The number of nitriles is 1. The second kappa shape index (κ2) is 5.06. The Hall–Kier alpha value is -2.07. The van der Waals surface area contributed by atoms with E-state index >= 15 is 0 Å². The van der Waals surface area contributed by atoms with Gasteiger partial charge in [0, 0.05) is 0 Å². The maximum absolute atomic E-state index is 9.28. The van der Waals surface area contributed by atoms with Crippen LogP contribution in [0.15, 0.2) is 54.6 Å². The number of hydrogen-bond acceptors (Lipinski definition) is 1. The van der Waals surface area contributed by atoms with Crippen LogP contribution in [0.1, 0.15) is 25.8 Å². The number of hydrogen-bond donors (Lipinski definition) is 0. The first-order chi connectivity index (χ1) is 8.69. The molecule has 2 aromatic rings. The molecule has 90 valence electrons. The van der Waals surface area contributed by atoms with Gasteiger partial charge in [-0.1, -0.05) is 61.5 Å². The molecule has 1 heteroatoms. The van der Waals surface area contributed by atoms with Gasteiger partial charge in [-0.3, -0.25) is 0 Å². The third kappa shape index (κ3) is 2.28. The van der Waals surface area contributed by atoms with E-state index in [1.54, 1.807) is 0 Å². The summed E-state index contributed by atoms with van der Waals surface area (Å²) in [6.07, 6.45) is 0.828. The van der Waals surface area contributed by atoms with E-state index in [1.807, 2.05) is 32.0 Å². The van der Waals surface area contributed by atoms with E-state index in [9.17, 15) is 5.26 Å². The summed E-state index contributed by atoms with van der Waals surface area (Å²) >= 11 is 0. The Morgan fingerprint density at radius 1 is 0.944 bits per heavy atom. The topological polar surface area (TPSA) is 23.8 Å². The van der Waals surface area contributed by atoms with Gasteiger partial charge in [0.15, 0.2) is 0 Å². The van der Waals surface area contributed by atoms with E-state index in [0.717, 1.165) is 12.0 Å². The van der Waals surface area contributed by atoms with E-state index in [2.05, 4.69) is 42.5 Å². The van der Waals surface area contributed by atoms with Gasteiger partial charge in [-0.2, -0.15) is 5.26 Å². The fraction of sp³-hybridized carbons (Fsp3) is 0.235. The van der Waals surface area contributed by atoms with Crippen molar-refractivity contribution in [2.45, 2.75) is 25.7 Å². The molecule has 0 radical (unpaired) electrons. The summed E-state index contributed by atoms with van der Waals surface area (Å²) in [5.74, 6) is 0. The van der Waals surface area contributed by atoms with Crippen molar-refractivity contribution < 1.29 is 0 Å². The van der Waals surface area contributed by atoms with Gasteiger partial charge in [0.1, 0.15) is 0 Å². The fourth-order valence-electron chi connectivity index (χ4n) is 2.01. The molecule has 0 saturated carbocycles. The van der Waals surface area contributed by atoms with Crippen LogP contribution < -0.4 is 0 Å². The molecule has 0 bridgehead atoms. The second-order valence-electron chi connectivity index (χ2n) is 4.74. The molecule has 0 N–H and O–H groups in total. The van der Waals surface area contributed by atoms with E-state index in [-0.39, 0.29) is 5.41 Å². The van der Waals surface area contributed by atoms with E-state index < -0.39 is 0 Å².